The first kappa shape index (κ1) is 35.7. The number of para-hydroxylation sites is 2. The fourth-order valence-corrected chi connectivity index (χ4v) is 9.67. The minimum Gasteiger partial charge on any atom is -0.310 e. The topological polar surface area (TPSA) is 8.17 Å². The maximum absolute atomic E-state index is 2.45. The highest BCUT2D eigenvalue weighted by Crippen LogP contribution is 2.45. The Morgan fingerprint density at radius 3 is 1.65 bits per heavy atom. The Labute approximate surface area is 360 Å². The van der Waals surface area contributed by atoms with E-state index >= 15 is 0 Å². The number of benzene rings is 11. The highest BCUT2D eigenvalue weighted by atomic mass is 15.1. The lowest BCUT2D eigenvalue weighted by Gasteiger charge is -2.27. The van der Waals surface area contributed by atoms with Crippen LogP contribution in [0.5, 0.6) is 0 Å². The van der Waals surface area contributed by atoms with E-state index in [1.165, 1.54) is 87.5 Å². The predicted octanol–water partition coefficient (Wildman–Crippen LogP) is 16.7. The molecule has 12 aromatic rings. The summed E-state index contributed by atoms with van der Waals surface area (Å²) in [6, 6.07) is 88.4. The van der Waals surface area contributed by atoms with Crippen molar-refractivity contribution in [2.75, 3.05) is 4.90 Å². The van der Waals surface area contributed by atoms with Crippen molar-refractivity contribution in [1.82, 2.24) is 4.57 Å². The molecule has 2 nitrogen and oxygen atoms in total. The summed E-state index contributed by atoms with van der Waals surface area (Å²) in [6.07, 6.45) is 0. The molecule has 11 aromatic carbocycles. The van der Waals surface area contributed by atoms with Gasteiger partial charge in [-0.1, -0.05) is 188 Å². The molecule has 0 aliphatic rings. The zero-order chi connectivity index (χ0) is 41.0. The summed E-state index contributed by atoms with van der Waals surface area (Å²) in [5, 5.41) is 9.89. The van der Waals surface area contributed by atoms with Gasteiger partial charge in [0.1, 0.15) is 0 Å². The number of hydrogen-bond acceptors (Lipinski definition) is 1. The number of rotatable bonds is 7. The van der Waals surface area contributed by atoms with Gasteiger partial charge in [-0.15, -0.1) is 0 Å². The fourth-order valence-electron chi connectivity index (χ4n) is 9.67. The van der Waals surface area contributed by atoms with Crippen LogP contribution in [0.1, 0.15) is 0 Å². The normalized spacial score (nSPS) is 11.5. The van der Waals surface area contributed by atoms with Crippen LogP contribution in [0.25, 0.3) is 93.2 Å². The monoisotopic (exact) mass is 788 g/mol. The SMILES string of the molecule is c1ccc(-n2c3ccccc3c3c(-c4cccc(N(c5ccc(-c6ccc(-c7cccc8ccccc78)cc6)cc5)c5cccc6ccccc56)c4)cc4ccccc4c32)cc1. The van der Waals surface area contributed by atoms with Crippen molar-refractivity contribution in [3.8, 4) is 39.1 Å². The van der Waals surface area contributed by atoms with E-state index in [1.54, 1.807) is 0 Å². The molecule has 0 unspecified atom stereocenters. The Kier molecular flexibility index (Phi) is 8.53. The largest absolute Gasteiger partial charge is 0.310 e. The van der Waals surface area contributed by atoms with Crippen LogP contribution in [0.3, 0.4) is 0 Å². The number of hydrogen-bond donors (Lipinski definition) is 0. The fraction of sp³-hybridized carbons (Fsp3) is 0. The first-order valence-corrected chi connectivity index (χ1v) is 21.3. The Bertz CT molecular complexity index is 3610. The minimum absolute atomic E-state index is 1.10. The van der Waals surface area contributed by atoms with Crippen molar-refractivity contribution in [1.29, 1.82) is 0 Å². The van der Waals surface area contributed by atoms with E-state index in [4.69, 9.17) is 0 Å². The van der Waals surface area contributed by atoms with Gasteiger partial charge in [-0.25, -0.2) is 0 Å². The van der Waals surface area contributed by atoms with Crippen LogP contribution in [0, 0.1) is 0 Å². The summed E-state index contributed by atoms with van der Waals surface area (Å²) in [4.78, 5) is 2.42. The maximum Gasteiger partial charge on any atom is 0.0625 e. The van der Waals surface area contributed by atoms with E-state index in [0.717, 1.165) is 22.7 Å². The van der Waals surface area contributed by atoms with E-state index in [-0.39, 0.29) is 0 Å². The predicted molar refractivity (Wildman–Crippen MR) is 264 cm³/mol. The Morgan fingerprint density at radius 1 is 0.306 bits per heavy atom. The molecule has 0 saturated heterocycles. The second kappa shape index (κ2) is 14.8. The second-order valence-electron chi connectivity index (χ2n) is 16.1. The lowest BCUT2D eigenvalue weighted by atomic mass is 9.94. The Hall–Kier alpha value is -8.20. The Balaban J connectivity index is 1.01. The average molecular weight is 789 g/mol. The van der Waals surface area contributed by atoms with Gasteiger partial charge < -0.3 is 9.47 Å². The molecule has 0 saturated carbocycles. The summed E-state index contributed by atoms with van der Waals surface area (Å²) < 4.78 is 2.45. The molecule has 1 heterocycles. The highest BCUT2D eigenvalue weighted by molar-refractivity contribution is 6.24. The molecule has 0 N–H and O–H groups in total. The maximum atomic E-state index is 2.45. The van der Waals surface area contributed by atoms with E-state index in [9.17, 15) is 0 Å². The van der Waals surface area contributed by atoms with Gasteiger partial charge >= 0.3 is 0 Å². The van der Waals surface area contributed by atoms with Gasteiger partial charge in [0.15, 0.2) is 0 Å². The van der Waals surface area contributed by atoms with Gasteiger partial charge in [0.05, 0.1) is 16.7 Å². The lowest BCUT2D eigenvalue weighted by Crippen LogP contribution is -2.10. The summed E-state index contributed by atoms with van der Waals surface area (Å²) >= 11 is 0. The molecule has 0 radical (unpaired) electrons. The molecule has 0 fully saturated rings. The molecule has 0 aliphatic carbocycles. The third-order valence-corrected chi connectivity index (χ3v) is 12.5. The van der Waals surface area contributed by atoms with Gasteiger partial charge in [-0.3, -0.25) is 0 Å². The van der Waals surface area contributed by atoms with Crippen molar-refractivity contribution >= 4 is 71.2 Å². The summed E-state index contributed by atoms with van der Waals surface area (Å²) in [7, 11) is 0. The first-order valence-electron chi connectivity index (χ1n) is 21.3. The molecule has 0 atom stereocenters. The second-order valence-corrected chi connectivity index (χ2v) is 16.1. The molecule has 2 heteroatoms. The molecule has 62 heavy (non-hydrogen) atoms. The molecular formula is C60H40N2. The summed E-state index contributed by atoms with van der Waals surface area (Å²) in [5.74, 6) is 0. The third kappa shape index (κ3) is 5.96. The van der Waals surface area contributed by atoms with Gasteiger partial charge in [0.25, 0.3) is 0 Å². The van der Waals surface area contributed by atoms with Gasteiger partial charge in [-0.2, -0.15) is 0 Å². The average Bonchev–Trinajstić information content (AvgIpc) is 3.70. The molecule has 0 spiro atoms. The van der Waals surface area contributed by atoms with Crippen LogP contribution >= 0.6 is 0 Å². The zero-order valence-corrected chi connectivity index (χ0v) is 34.0. The van der Waals surface area contributed by atoms with Crippen LogP contribution in [-0.2, 0) is 0 Å². The lowest BCUT2D eigenvalue weighted by molar-refractivity contribution is 1.19. The van der Waals surface area contributed by atoms with Gasteiger partial charge in [0, 0.05) is 38.6 Å². The van der Waals surface area contributed by atoms with Crippen molar-refractivity contribution in [2.24, 2.45) is 0 Å². The third-order valence-electron chi connectivity index (χ3n) is 12.5. The smallest absolute Gasteiger partial charge is 0.0625 e. The molecular weight excluding hydrogens is 749 g/mol. The van der Waals surface area contributed by atoms with Crippen LogP contribution in [0.2, 0.25) is 0 Å². The van der Waals surface area contributed by atoms with Crippen LogP contribution in [0.15, 0.2) is 243 Å². The van der Waals surface area contributed by atoms with E-state index in [1.807, 2.05) is 0 Å². The molecule has 0 bridgehead atoms. The van der Waals surface area contributed by atoms with Gasteiger partial charge in [-0.05, 0) is 110 Å². The highest BCUT2D eigenvalue weighted by Gasteiger charge is 2.21. The number of aromatic nitrogens is 1. The van der Waals surface area contributed by atoms with Crippen LogP contribution in [0.4, 0.5) is 17.1 Å². The first-order chi connectivity index (χ1) is 30.8. The minimum atomic E-state index is 1.10. The van der Waals surface area contributed by atoms with E-state index < -0.39 is 0 Å². The standard InChI is InChI=1S/C60H40N2/c1-2-21-48(22-3-1)62-58-29-11-10-27-55(58)59-56(40-47-17-6-9-26-54(47)60(59)62)46-20-12-23-50(39-46)61(57-30-14-19-44-16-5-8-25-53(44)57)49-37-35-42(36-38-49)41-31-33-45(34-32-41)52-28-13-18-43-15-4-7-24-51(43)52/h1-40H. The number of fused-ring (bicyclic) bond motifs is 7. The van der Waals surface area contributed by atoms with Crippen molar-refractivity contribution < 1.29 is 0 Å². The molecule has 290 valence electrons. The number of anilines is 3. The molecule has 1 aromatic heterocycles. The quantitative estimate of drug-likeness (QED) is 0.156. The van der Waals surface area contributed by atoms with E-state index in [2.05, 4.69) is 252 Å². The van der Waals surface area contributed by atoms with Gasteiger partial charge in [0.2, 0.25) is 0 Å². The zero-order valence-electron chi connectivity index (χ0n) is 34.0. The van der Waals surface area contributed by atoms with Crippen molar-refractivity contribution in [3.63, 3.8) is 0 Å². The van der Waals surface area contributed by atoms with E-state index in [0.29, 0.717) is 0 Å². The molecule has 0 aliphatic heterocycles. The molecule has 0 amide bonds. The van der Waals surface area contributed by atoms with Crippen LogP contribution in [-0.4, -0.2) is 4.57 Å². The summed E-state index contributed by atoms with van der Waals surface area (Å²) in [6.45, 7) is 0. The molecule has 12 rings (SSSR count). The Morgan fingerprint density at radius 2 is 0.871 bits per heavy atom. The number of nitrogens with zero attached hydrogens (tertiary/aromatic N) is 2. The van der Waals surface area contributed by atoms with Crippen molar-refractivity contribution in [2.45, 2.75) is 0 Å². The summed E-state index contributed by atoms with van der Waals surface area (Å²) in [5.41, 5.74) is 14.1. The van der Waals surface area contributed by atoms with Crippen molar-refractivity contribution in [3.05, 3.63) is 243 Å². The van der Waals surface area contributed by atoms with Crippen LogP contribution < -0.4 is 4.90 Å².